The molecule has 2 atom stereocenters. The molecule has 0 heterocycles. The van der Waals surface area contributed by atoms with Crippen LogP contribution in [0.4, 0.5) is 0 Å². The number of esters is 2. The van der Waals surface area contributed by atoms with Gasteiger partial charge in [0.2, 0.25) is 0 Å². The van der Waals surface area contributed by atoms with E-state index in [9.17, 15) is 28.8 Å². The third-order valence-electron chi connectivity index (χ3n) is 7.20. The molecule has 0 aliphatic heterocycles. The van der Waals surface area contributed by atoms with Crippen molar-refractivity contribution in [2.45, 2.75) is 65.5 Å². The zero-order chi connectivity index (χ0) is 37.1. The van der Waals surface area contributed by atoms with Crippen LogP contribution in [0.3, 0.4) is 0 Å². The van der Waals surface area contributed by atoms with E-state index in [2.05, 4.69) is 21.3 Å². The second-order valence-electron chi connectivity index (χ2n) is 12.3. The number of methoxy groups -OCH3 is 2. The van der Waals surface area contributed by atoms with E-state index >= 15 is 0 Å². The first-order valence-electron chi connectivity index (χ1n) is 16.6. The average Bonchev–Trinajstić information content (AvgIpc) is 3.09. The fourth-order valence-electron chi connectivity index (χ4n) is 4.81. The van der Waals surface area contributed by atoms with E-state index in [-0.39, 0.29) is 38.1 Å². The second-order valence-corrected chi connectivity index (χ2v) is 12.3. The minimum atomic E-state index is -0.914. The Hall–Kier alpha value is -5.14. The summed E-state index contributed by atoms with van der Waals surface area (Å²) in [6.45, 7) is 8.38. The molecule has 4 N–H and O–H groups in total. The smallest absolute Gasteiger partial charge is 0.328 e. The van der Waals surface area contributed by atoms with Crippen LogP contribution in [0.2, 0.25) is 0 Å². The molecule has 0 spiro atoms. The van der Waals surface area contributed by atoms with Crippen molar-refractivity contribution in [1.82, 2.24) is 21.3 Å². The van der Waals surface area contributed by atoms with Crippen LogP contribution in [-0.4, -0.2) is 88.2 Å². The van der Waals surface area contributed by atoms with Crippen LogP contribution in [0.5, 0.6) is 11.5 Å². The molecular weight excluding hydrogens is 648 g/mol. The van der Waals surface area contributed by atoms with E-state index in [0.29, 0.717) is 37.2 Å². The van der Waals surface area contributed by atoms with Crippen molar-refractivity contribution in [1.29, 1.82) is 0 Å². The SMILES string of the molecule is COC(=O)[C@@H](CC(C)C)NC(=O)C(=O)NCCCOc1ccccc1-c1ccccc1OCCCNC(=O)C(=O)N[C@H](CC(C)C)C(=O)OC. The number of ether oxygens (including phenoxy) is 4. The lowest BCUT2D eigenvalue weighted by atomic mass is 10.0. The van der Waals surface area contributed by atoms with E-state index < -0.39 is 47.7 Å². The largest absolute Gasteiger partial charge is 0.493 e. The van der Waals surface area contributed by atoms with Crippen LogP contribution in [0.1, 0.15) is 53.4 Å². The summed E-state index contributed by atoms with van der Waals surface area (Å²) in [6.07, 6.45) is 1.49. The van der Waals surface area contributed by atoms with Crippen molar-refractivity contribution in [3.63, 3.8) is 0 Å². The summed E-state index contributed by atoms with van der Waals surface area (Å²) in [7, 11) is 2.45. The van der Waals surface area contributed by atoms with Gasteiger partial charge in [0.05, 0.1) is 27.4 Å². The number of hydrogen-bond acceptors (Lipinski definition) is 10. The Bertz CT molecular complexity index is 1340. The van der Waals surface area contributed by atoms with Gasteiger partial charge in [0, 0.05) is 24.2 Å². The van der Waals surface area contributed by atoms with Gasteiger partial charge in [-0.3, -0.25) is 19.2 Å². The van der Waals surface area contributed by atoms with Gasteiger partial charge in [0.25, 0.3) is 0 Å². The summed E-state index contributed by atoms with van der Waals surface area (Å²) < 4.78 is 21.5. The number of benzene rings is 2. The average molecular weight is 699 g/mol. The van der Waals surface area contributed by atoms with Crippen LogP contribution < -0.4 is 30.7 Å². The standard InChI is InChI=1S/C36H50N4O10/c1-23(2)21-27(35(45)47-5)39-33(43)31(41)37-17-11-19-49-29-15-9-7-13-25(29)26-14-8-10-16-30(26)50-20-12-18-38-32(42)34(44)40-28(22-24(3)4)36(46)48-6/h7-10,13-16,23-24,27-28H,11-12,17-22H2,1-6H3,(H,37,41)(H,38,42)(H,39,43)(H,40,44)/t27-,28-/m1/s1. The Morgan fingerprint density at radius 3 is 1.26 bits per heavy atom. The van der Waals surface area contributed by atoms with Crippen molar-refractivity contribution in [2.75, 3.05) is 40.5 Å². The molecule has 2 aromatic carbocycles. The Labute approximate surface area is 293 Å². The third-order valence-corrected chi connectivity index (χ3v) is 7.20. The molecule has 0 bridgehead atoms. The van der Waals surface area contributed by atoms with Gasteiger partial charge in [-0.25, -0.2) is 9.59 Å². The summed E-state index contributed by atoms with van der Waals surface area (Å²) in [5.41, 5.74) is 1.55. The van der Waals surface area contributed by atoms with Gasteiger partial charge in [-0.15, -0.1) is 0 Å². The first kappa shape index (κ1) is 41.0. The Kier molecular flexibility index (Phi) is 17.9. The molecule has 14 heteroatoms. The zero-order valence-electron chi connectivity index (χ0n) is 29.7. The number of carbonyl (C=O) groups excluding carboxylic acids is 6. The van der Waals surface area contributed by atoms with Crippen LogP contribution in [0.25, 0.3) is 11.1 Å². The molecule has 0 unspecified atom stereocenters. The first-order valence-corrected chi connectivity index (χ1v) is 16.6. The lowest BCUT2D eigenvalue weighted by Gasteiger charge is -2.18. The molecule has 50 heavy (non-hydrogen) atoms. The molecule has 0 radical (unpaired) electrons. The molecule has 0 aliphatic rings. The minimum Gasteiger partial charge on any atom is -0.493 e. The zero-order valence-corrected chi connectivity index (χ0v) is 29.7. The third kappa shape index (κ3) is 14.1. The van der Waals surface area contributed by atoms with Crippen LogP contribution >= 0.6 is 0 Å². The van der Waals surface area contributed by atoms with Gasteiger partial charge in [0.1, 0.15) is 23.6 Å². The molecule has 0 fully saturated rings. The molecule has 0 saturated heterocycles. The number of amides is 4. The number of hydrogen-bond donors (Lipinski definition) is 4. The number of nitrogens with one attached hydrogen (secondary N) is 4. The van der Waals surface area contributed by atoms with Gasteiger partial charge < -0.3 is 40.2 Å². The molecule has 14 nitrogen and oxygen atoms in total. The molecular formula is C36H50N4O10. The molecule has 0 aromatic heterocycles. The number of para-hydroxylation sites is 2. The first-order chi connectivity index (χ1) is 23.9. The predicted molar refractivity (Wildman–Crippen MR) is 185 cm³/mol. The quantitative estimate of drug-likeness (QED) is 0.0965. The Balaban J connectivity index is 1.86. The Morgan fingerprint density at radius 2 is 0.920 bits per heavy atom. The van der Waals surface area contributed by atoms with Gasteiger partial charge in [0.15, 0.2) is 0 Å². The van der Waals surface area contributed by atoms with E-state index in [0.717, 1.165) is 11.1 Å². The van der Waals surface area contributed by atoms with E-state index in [1.54, 1.807) is 0 Å². The Morgan fingerprint density at radius 1 is 0.560 bits per heavy atom. The summed E-state index contributed by atoms with van der Waals surface area (Å²) in [6, 6.07) is 13.0. The van der Waals surface area contributed by atoms with Crippen molar-refractivity contribution >= 4 is 35.6 Å². The van der Waals surface area contributed by atoms with E-state index in [1.807, 2.05) is 76.2 Å². The summed E-state index contributed by atoms with van der Waals surface area (Å²) in [5.74, 6) is -3.39. The highest BCUT2D eigenvalue weighted by Gasteiger charge is 2.26. The maximum Gasteiger partial charge on any atom is 0.328 e. The molecule has 2 aromatic rings. The fraction of sp³-hybridized carbons (Fsp3) is 0.500. The number of rotatable bonds is 19. The van der Waals surface area contributed by atoms with E-state index in [4.69, 9.17) is 18.9 Å². The van der Waals surface area contributed by atoms with Crippen molar-refractivity contribution in [3.8, 4) is 22.6 Å². The normalized spacial score (nSPS) is 11.9. The molecule has 0 saturated carbocycles. The summed E-state index contributed by atoms with van der Waals surface area (Å²) in [4.78, 5) is 73.1. The molecule has 2 rings (SSSR count). The monoisotopic (exact) mass is 698 g/mol. The highest BCUT2D eigenvalue weighted by Crippen LogP contribution is 2.36. The minimum absolute atomic E-state index is 0.103. The van der Waals surface area contributed by atoms with E-state index in [1.165, 1.54) is 14.2 Å². The second kappa shape index (κ2) is 21.8. The maximum atomic E-state index is 12.3. The fourth-order valence-corrected chi connectivity index (χ4v) is 4.81. The molecule has 4 amide bonds. The summed E-state index contributed by atoms with van der Waals surface area (Å²) in [5, 5.41) is 9.93. The molecule has 0 aliphatic carbocycles. The maximum absolute atomic E-state index is 12.3. The van der Waals surface area contributed by atoms with Crippen molar-refractivity contribution < 1.29 is 47.7 Å². The molecule has 274 valence electrons. The summed E-state index contributed by atoms with van der Waals surface area (Å²) >= 11 is 0. The van der Waals surface area contributed by atoms with Crippen molar-refractivity contribution in [3.05, 3.63) is 48.5 Å². The van der Waals surface area contributed by atoms with Crippen LogP contribution in [-0.2, 0) is 38.2 Å². The predicted octanol–water partition coefficient (Wildman–Crippen LogP) is 2.53. The topological polar surface area (TPSA) is 187 Å². The highest BCUT2D eigenvalue weighted by molar-refractivity contribution is 6.35. The van der Waals surface area contributed by atoms with Gasteiger partial charge >= 0.3 is 35.6 Å². The van der Waals surface area contributed by atoms with Gasteiger partial charge in [-0.2, -0.15) is 0 Å². The number of carbonyl (C=O) groups is 6. The lowest BCUT2D eigenvalue weighted by molar-refractivity contribution is -0.147. The lowest BCUT2D eigenvalue weighted by Crippen LogP contribution is -2.48. The highest BCUT2D eigenvalue weighted by atomic mass is 16.5. The van der Waals surface area contributed by atoms with Crippen LogP contribution in [0, 0.1) is 11.8 Å². The van der Waals surface area contributed by atoms with Crippen molar-refractivity contribution in [2.24, 2.45) is 11.8 Å². The van der Waals surface area contributed by atoms with Gasteiger partial charge in [-0.1, -0.05) is 64.1 Å². The van der Waals surface area contributed by atoms with Crippen LogP contribution in [0.15, 0.2) is 48.5 Å². The van der Waals surface area contributed by atoms with Gasteiger partial charge in [-0.05, 0) is 49.7 Å².